The zero-order valence-electron chi connectivity index (χ0n) is 20.8. The van der Waals surface area contributed by atoms with E-state index in [-0.39, 0.29) is 11.5 Å². The van der Waals surface area contributed by atoms with E-state index in [2.05, 4.69) is 19.9 Å². The van der Waals surface area contributed by atoms with Crippen molar-refractivity contribution in [1.29, 1.82) is 0 Å². The van der Waals surface area contributed by atoms with Gasteiger partial charge in [0.2, 0.25) is 11.9 Å². The first-order valence-corrected chi connectivity index (χ1v) is 13.1. The summed E-state index contributed by atoms with van der Waals surface area (Å²) in [6, 6.07) is 11.6. The van der Waals surface area contributed by atoms with Crippen molar-refractivity contribution in [2.24, 2.45) is 0 Å². The molecular weight excluding hydrogens is 500 g/mol. The molecule has 3 aromatic rings. The molecule has 0 saturated heterocycles. The van der Waals surface area contributed by atoms with E-state index in [1.165, 1.54) is 23.5 Å². The highest BCUT2D eigenvalue weighted by atomic mass is 32.2. The maximum absolute atomic E-state index is 10.3. The topological polar surface area (TPSA) is 178 Å². The zero-order chi connectivity index (χ0) is 27.1. The SMILES string of the molecule is Cc1cc(C)nc(N)n1.Cc1cc(C)nc(N)n1.O=C(O)CSCc1ccc(CSCC(=O)O)cc1. The van der Waals surface area contributed by atoms with Crippen molar-refractivity contribution in [2.45, 2.75) is 39.2 Å². The highest BCUT2D eigenvalue weighted by Gasteiger charge is 2.01. The van der Waals surface area contributed by atoms with Crippen molar-refractivity contribution in [1.82, 2.24) is 19.9 Å². The Bertz CT molecular complexity index is 941. The van der Waals surface area contributed by atoms with E-state index in [1.807, 2.05) is 64.1 Å². The Morgan fingerprint density at radius 1 is 0.667 bits per heavy atom. The minimum Gasteiger partial charge on any atom is -0.481 e. The molecule has 0 atom stereocenters. The summed E-state index contributed by atoms with van der Waals surface area (Å²) in [4.78, 5) is 36.3. The third-order valence-corrected chi connectivity index (χ3v) is 5.99. The number of anilines is 2. The van der Waals surface area contributed by atoms with Gasteiger partial charge in [-0.15, -0.1) is 23.5 Å². The normalized spacial score (nSPS) is 9.89. The number of thioether (sulfide) groups is 2. The maximum Gasteiger partial charge on any atom is 0.313 e. The standard InChI is InChI=1S/C12H14O4S2.2C6H9N3/c13-11(14)7-17-5-9-1-2-10(4-3-9)6-18-8-12(15)16;2*1-4-3-5(2)9-6(7)8-4/h1-4H,5-8H2,(H,13,14)(H,15,16);2*3H,1-2H3,(H2,7,8,9). The second-order valence-electron chi connectivity index (χ2n) is 7.61. The molecule has 36 heavy (non-hydrogen) atoms. The molecule has 0 aliphatic rings. The lowest BCUT2D eigenvalue weighted by Gasteiger charge is -2.03. The van der Waals surface area contributed by atoms with Crippen molar-refractivity contribution < 1.29 is 19.8 Å². The summed E-state index contributed by atoms with van der Waals surface area (Å²) < 4.78 is 0. The molecule has 0 saturated carbocycles. The molecule has 0 unspecified atom stereocenters. The number of nitrogens with two attached hydrogens (primary N) is 2. The van der Waals surface area contributed by atoms with Crippen LogP contribution in [-0.4, -0.2) is 53.6 Å². The Morgan fingerprint density at radius 3 is 1.17 bits per heavy atom. The van der Waals surface area contributed by atoms with Crippen LogP contribution >= 0.6 is 23.5 Å². The Hall–Kier alpha value is -3.38. The van der Waals surface area contributed by atoms with Crippen LogP contribution in [0.2, 0.25) is 0 Å². The second kappa shape index (κ2) is 16.3. The van der Waals surface area contributed by atoms with Crippen LogP contribution in [0.5, 0.6) is 0 Å². The molecule has 12 heteroatoms. The van der Waals surface area contributed by atoms with Gasteiger partial charge < -0.3 is 21.7 Å². The summed E-state index contributed by atoms with van der Waals surface area (Å²) in [6.45, 7) is 7.58. The number of aliphatic carboxylic acids is 2. The molecule has 3 rings (SSSR count). The summed E-state index contributed by atoms with van der Waals surface area (Å²) >= 11 is 2.72. The van der Waals surface area contributed by atoms with Crippen molar-refractivity contribution >= 4 is 47.4 Å². The Kier molecular flexibility index (Phi) is 13.9. The van der Waals surface area contributed by atoms with Crippen LogP contribution in [0.3, 0.4) is 0 Å². The van der Waals surface area contributed by atoms with Crippen LogP contribution in [0.1, 0.15) is 33.9 Å². The lowest BCUT2D eigenvalue weighted by molar-refractivity contribution is -0.134. The van der Waals surface area contributed by atoms with Crippen molar-refractivity contribution in [3.63, 3.8) is 0 Å². The lowest BCUT2D eigenvalue weighted by Crippen LogP contribution is -1.98. The van der Waals surface area contributed by atoms with Gasteiger partial charge in [-0.1, -0.05) is 24.3 Å². The van der Waals surface area contributed by atoms with Crippen molar-refractivity contribution in [3.8, 4) is 0 Å². The monoisotopic (exact) mass is 532 g/mol. The second-order valence-corrected chi connectivity index (χ2v) is 9.58. The zero-order valence-corrected chi connectivity index (χ0v) is 22.4. The fourth-order valence-corrected chi connectivity index (χ4v) is 4.16. The van der Waals surface area contributed by atoms with Crippen LogP contribution in [0.4, 0.5) is 11.9 Å². The predicted octanol–water partition coefficient (Wildman–Crippen LogP) is 3.67. The summed E-state index contributed by atoms with van der Waals surface area (Å²) in [5.41, 5.74) is 16.5. The van der Waals surface area contributed by atoms with Gasteiger partial charge in [0.1, 0.15) is 0 Å². The maximum atomic E-state index is 10.3. The number of aromatic nitrogens is 4. The molecule has 2 heterocycles. The van der Waals surface area contributed by atoms with Gasteiger partial charge >= 0.3 is 11.9 Å². The molecule has 2 aromatic heterocycles. The largest absolute Gasteiger partial charge is 0.481 e. The van der Waals surface area contributed by atoms with E-state index in [0.29, 0.717) is 23.4 Å². The number of carboxylic acids is 2. The minimum absolute atomic E-state index is 0.107. The van der Waals surface area contributed by atoms with Gasteiger partial charge in [-0.2, -0.15) is 0 Å². The molecule has 10 nitrogen and oxygen atoms in total. The molecule has 0 amide bonds. The number of nitrogens with zero attached hydrogens (tertiary/aromatic N) is 4. The first-order chi connectivity index (χ1) is 16.9. The average molecular weight is 533 g/mol. The van der Waals surface area contributed by atoms with E-state index in [9.17, 15) is 9.59 Å². The number of benzene rings is 1. The van der Waals surface area contributed by atoms with Crippen LogP contribution in [0.25, 0.3) is 0 Å². The molecule has 0 spiro atoms. The van der Waals surface area contributed by atoms with Gasteiger partial charge in [0.05, 0.1) is 11.5 Å². The van der Waals surface area contributed by atoms with Crippen molar-refractivity contribution in [2.75, 3.05) is 23.0 Å². The van der Waals surface area contributed by atoms with E-state index < -0.39 is 11.9 Å². The van der Waals surface area contributed by atoms with Crippen LogP contribution in [0.15, 0.2) is 36.4 Å². The fourth-order valence-electron chi connectivity index (χ4n) is 2.75. The molecule has 1 aromatic carbocycles. The van der Waals surface area contributed by atoms with Crippen LogP contribution in [-0.2, 0) is 21.1 Å². The average Bonchev–Trinajstić information content (AvgIpc) is 2.73. The summed E-state index contributed by atoms with van der Waals surface area (Å²) in [5, 5.41) is 17.0. The Labute approximate surface area is 219 Å². The first kappa shape index (κ1) is 30.7. The van der Waals surface area contributed by atoms with Crippen LogP contribution in [0, 0.1) is 27.7 Å². The van der Waals surface area contributed by atoms with Crippen molar-refractivity contribution in [3.05, 3.63) is 70.3 Å². The number of aryl methyl sites for hydroxylation is 4. The smallest absolute Gasteiger partial charge is 0.313 e. The lowest BCUT2D eigenvalue weighted by atomic mass is 10.2. The number of nitrogen functional groups attached to an aromatic ring is 2. The number of carbonyl (C=O) groups is 2. The number of hydrogen-bond donors (Lipinski definition) is 4. The summed E-state index contributed by atoms with van der Waals surface area (Å²) in [7, 11) is 0. The molecule has 0 fully saturated rings. The molecule has 6 N–H and O–H groups in total. The van der Waals surface area contributed by atoms with Gasteiger partial charge in [0, 0.05) is 34.3 Å². The molecule has 0 bridgehead atoms. The quantitative estimate of drug-likeness (QED) is 0.331. The first-order valence-electron chi connectivity index (χ1n) is 10.8. The number of rotatable bonds is 8. The number of carboxylic acid groups (broad SMARTS) is 2. The van der Waals surface area contributed by atoms with Gasteiger partial charge in [-0.3, -0.25) is 9.59 Å². The summed E-state index contributed by atoms with van der Waals surface area (Å²) in [6.07, 6.45) is 0. The molecule has 194 valence electrons. The van der Waals surface area contributed by atoms with E-state index in [0.717, 1.165) is 33.9 Å². The number of hydrogen-bond acceptors (Lipinski definition) is 10. The third kappa shape index (κ3) is 14.8. The van der Waals surface area contributed by atoms with E-state index >= 15 is 0 Å². The molecule has 0 aliphatic heterocycles. The Balaban J connectivity index is 0.000000300. The molecule has 0 aliphatic carbocycles. The van der Waals surface area contributed by atoms with Gasteiger partial charge in [0.15, 0.2) is 0 Å². The van der Waals surface area contributed by atoms with Gasteiger partial charge in [-0.05, 0) is 51.0 Å². The predicted molar refractivity (Wildman–Crippen MR) is 146 cm³/mol. The minimum atomic E-state index is -0.804. The molecular formula is C24H32N6O4S2. The van der Waals surface area contributed by atoms with Crippen LogP contribution < -0.4 is 11.5 Å². The van der Waals surface area contributed by atoms with Gasteiger partial charge in [0.25, 0.3) is 0 Å². The Morgan fingerprint density at radius 2 is 0.944 bits per heavy atom. The molecule has 0 radical (unpaired) electrons. The third-order valence-electron chi connectivity index (χ3n) is 4.01. The van der Waals surface area contributed by atoms with E-state index in [4.69, 9.17) is 21.7 Å². The van der Waals surface area contributed by atoms with E-state index in [1.54, 1.807) is 0 Å². The summed E-state index contributed by atoms with van der Waals surface area (Å²) in [5.74, 6) is 0.666. The highest BCUT2D eigenvalue weighted by Crippen LogP contribution is 2.16. The fraction of sp³-hybridized carbons (Fsp3) is 0.333. The van der Waals surface area contributed by atoms with Gasteiger partial charge in [-0.25, -0.2) is 19.9 Å². The highest BCUT2D eigenvalue weighted by molar-refractivity contribution is 7.99.